The number of rotatable bonds is 1. The summed E-state index contributed by atoms with van der Waals surface area (Å²) in [4.78, 5) is 0. The van der Waals surface area contributed by atoms with E-state index in [2.05, 4.69) is 25.1 Å². The van der Waals surface area contributed by atoms with Gasteiger partial charge in [0.25, 0.3) is 0 Å². The van der Waals surface area contributed by atoms with Gasteiger partial charge in [-0.15, -0.1) is 0 Å². The minimum atomic E-state index is -0.750. The zero-order valence-corrected chi connectivity index (χ0v) is 6.54. The van der Waals surface area contributed by atoms with Crippen LogP contribution in [0.5, 0.6) is 0 Å². The lowest BCUT2D eigenvalue weighted by molar-refractivity contribution is 0.448. The van der Waals surface area contributed by atoms with E-state index in [9.17, 15) is 0 Å². The smallest absolute Gasteiger partial charge is 0.430 e. The van der Waals surface area contributed by atoms with E-state index in [-0.39, 0.29) is 0 Å². The van der Waals surface area contributed by atoms with Gasteiger partial charge in [-0.2, -0.15) is 0 Å². The van der Waals surface area contributed by atoms with Crippen LogP contribution in [-0.2, 0) is 6.42 Å². The maximum atomic E-state index is 7.12. The minimum Gasteiger partial charge on any atom is -0.430 e. The maximum absolute atomic E-state index is 7.12. The average Bonchev–Trinajstić information content (AvgIpc) is 2.43. The van der Waals surface area contributed by atoms with Crippen molar-refractivity contribution in [3.8, 4) is 11.1 Å². The molecular weight excluding hydrogens is 139 g/mol. The first-order valence-electron chi connectivity index (χ1n) is 3.69. The highest BCUT2D eigenvalue weighted by molar-refractivity contribution is 6.13. The topological polar surface area (TPSA) is 40.5 Å². The van der Waals surface area contributed by atoms with Gasteiger partial charge in [0.2, 0.25) is 0 Å². The van der Waals surface area contributed by atoms with Gasteiger partial charge in [0.15, 0.2) is 0 Å². The summed E-state index contributed by atoms with van der Waals surface area (Å²) >= 11 is 0. The summed E-state index contributed by atoms with van der Waals surface area (Å²) in [7, 11) is -0.750. The maximum Gasteiger partial charge on any atom is 0.432 e. The van der Waals surface area contributed by atoms with E-state index in [4.69, 9.17) is 10.0 Å². The zero-order valence-electron chi connectivity index (χ0n) is 6.54. The second-order valence-corrected chi connectivity index (χ2v) is 2.33. The molecule has 0 heterocycles. The fourth-order valence-corrected chi connectivity index (χ4v) is 1.26. The third-order valence-electron chi connectivity index (χ3n) is 1.76. The molecule has 58 valence electrons. The van der Waals surface area contributed by atoms with Crippen LogP contribution in [-0.4, -0.2) is 17.7 Å². The van der Waals surface area contributed by atoms with E-state index < -0.39 is 7.69 Å². The molecule has 0 amide bonds. The van der Waals surface area contributed by atoms with Crippen LogP contribution in [0.15, 0.2) is 18.2 Å². The van der Waals surface area contributed by atoms with E-state index >= 15 is 0 Å². The molecule has 0 fully saturated rings. The molecule has 0 unspecified atom stereocenters. The van der Waals surface area contributed by atoms with Gasteiger partial charge in [-0.1, -0.05) is 25.1 Å². The van der Waals surface area contributed by atoms with Gasteiger partial charge in [-0.25, -0.2) is 0 Å². The van der Waals surface area contributed by atoms with Crippen LogP contribution in [0, 0.1) is 0 Å². The van der Waals surface area contributed by atoms with Gasteiger partial charge in [0, 0.05) is 0 Å². The van der Waals surface area contributed by atoms with Crippen molar-refractivity contribution in [1.82, 2.24) is 0 Å². The van der Waals surface area contributed by atoms with E-state index in [0.717, 1.165) is 0 Å². The molecular formula is C8H11BO2. The standard InChI is InChI=1S/C8H8.BH3O2/c1-2-6-7-4-3-5-8(6)7;2-1-3/h3-5H,2H2,1H3;1-3H. The van der Waals surface area contributed by atoms with E-state index in [0.29, 0.717) is 0 Å². The van der Waals surface area contributed by atoms with E-state index in [1.165, 1.54) is 17.5 Å². The lowest BCUT2D eigenvalue weighted by Crippen LogP contribution is -1.75. The average molecular weight is 150 g/mol. The molecule has 0 atom stereocenters. The molecule has 3 heteroatoms. The normalized spacial score (nSPS) is 9.73. The summed E-state index contributed by atoms with van der Waals surface area (Å²) in [6.07, 6.45) is 1.21. The molecule has 0 saturated heterocycles. The highest BCUT2D eigenvalue weighted by atomic mass is 16.4. The Morgan fingerprint density at radius 1 is 1.27 bits per heavy atom. The van der Waals surface area contributed by atoms with Crippen LogP contribution in [0.4, 0.5) is 0 Å². The Morgan fingerprint density at radius 3 is 2.00 bits per heavy atom. The lowest BCUT2D eigenvalue weighted by Gasteiger charge is -1.69. The summed E-state index contributed by atoms with van der Waals surface area (Å²) < 4.78 is 0. The Balaban J connectivity index is 0.000000179. The van der Waals surface area contributed by atoms with E-state index in [1.807, 2.05) is 0 Å². The molecule has 0 aromatic carbocycles. The summed E-state index contributed by atoms with van der Waals surface area (Å²) in [6, 6.07) is 6.49. The molecule has 2 aliphatic rings. The number of aryl methyl sites for hydroxylation is 1. The molecule has 2 rings (SSSR count). The SMILES string of the molecule is CCc1c2cccc1-2.OBO. The van der Waals surface area contributed by atoms with Crippen molar-refractivity contribution in [2.75, 3.05) is 0 Å². The molecule has 0 saturated carbocycles. The molecule has 2 N–H and O–H groups in total. The van der Waals surface area contributed by atoms with Crippen molar-refractivity contribution in [2.45, 2.75) is 13.3 Å². The number of hydrogen-bond donors (Lipinski definition) is 2. The first kappa shape index (κ1) is 8.30. The number of fused-ring (bicyclic) bond motifs is 1. The highest BCUT2D eigenvalue weighted by Gasteiger charge is 2.19. The Bertz CT molecular complexity index is 228. The third-order valence-corrected chi connectivity index (χ3v) is 1.76. The molecule has 2 aliphatic carbocycles. The van der Waals surface area contributed by atoms with Gasteiger partial charge in [0.1, 0.15) is 0 Å². The molecule has 0 bridgehead atoms. The fourth-order valence-electron chi connectivity index (χ4n) is 1.26. The summed E-state index contributed by atoms with van der Waals surface area (Å²) in [5.41, 5.74) is 4.59. The highest BCUT2D eigenvalue weighted by Crippen LogP contribution is 2.42. The third kappa shape index (κ3) is 1.61. The van der Waals surface area contributed by atoms with Gasteiger partial charge in [0.05, 0.1) is 0 Å². The largest absolute Gasteiger partial charge is 0.432 e. The minimum absolute atomic E-state index is 0.750. The molecule has 0 aliphatic heterocycles. The predicted octanol–water partition coefficient (Wildman–Crippen LogP) is 0.467. The molecule has 0 aromatic rings. The Morgan fingerprint density at radius 2 is 1.73 bits per heavy atom. The van der Waals surface area contributed by atoms with Crippen molar-refractivity contribution < 1.29 is 10.0 Å². The van der Waals surface area contributed by atoms with Crippen molar-refractivity contribution >= 4 is 7.69 Å². The van der Waals surface area contributed by atoms with Crippen molar-refractivity contribution in [3.63, 3.8) is 0 Å². The van der Waals surface area contributed by atoms with Crippen molar-refractivity contribution in [2.24, 2.45) is 0 Å². The van der Waals surface area contributed by atoms with Crippen molar-refractivity contribution in [3.05, 3.63) is 23.8 Å². The molecule has 0 radical (unpaired) electrons. The van der Waals surface area contributed by atoms with Crippen LogP contribution in [0.2, 0.25) is 0 Å². The number of hydrogen-bond acceptors (Lipinski definition) is 2. The Labute approximate surface area is 66.8 Å². The van der Waals surface area contributed by atoms with Gasteiger partial charge in [-0.05, 0) is 23.1 Å². The summed E-state index contributed by atoms with van der Waals surface area (Å²) in [5.74, 6) is 0. The molecule has 11 heavy (non-hydrogen) atoms. The molecule has 2 nitrogen and oxygen atoms in total. The van der Waals surface area contributed by atoms with Crippen LogP contribution >= 0.6 is 0 Å². The molecule has 0 spiro atoms. The second kappa shape index (κ2) is 3.55. The quantitative estimate of drug-likeness (QED) is 0.580. The van der Waals surface area contributed by atoms with Crippen LogP contribution in [0.1, 0.15) is 12.5 Å². The van der Waals surface area contributed by atoms with Crippen molar-refractivity contribution in [1.29, 1.82) is 0 Å². The Kier molecular flexibility index (Phi) is 2.68. The predicted molar refractivity (Wildman–Crippen MR) is 46.4 cm³/mol. The summed E-state index contributed by atoms with van der Waals surface area (Å²) in [5, 5.41) is 14.2. The monoisotopic (exact) mass is 150 g/mol. The van der Waals surface area contributed by atoms with Gasteiger partial charge in [-0.3, -0.25) is 0 Å². The number of benzene rings is 1. The van der Waals surface area contributed by atoms with Crippen LogP contribution in [0.3, 0.4) is 0 Å². The Hall–Kier alpha value is -0.795. The van der Waals surface area contributed by atoms with Gasteiger partial charge >= 0.3 is 7.69 Å². The zero-order chi connectivity index (χ0) is 8.27. The van der Waals surface area contributed by atoms with Crippen LogP contribution in [0.25, 0.3) is 11.1 Å². The summed E-state index contributed by atoms with van der Waals surface area (Å²) in [6.45, 7) is 2.20. The van der Waals surface area contributed by atoms with Crippen LogP contribution < -0.4 is 0 Å². The first-order chi connectivity index (χ1) is 5.35. The fraction of sp³-hybridized carbons (Fsp3) is 0.250. The second-order valence-electron chi connectivity index (χ2n) is 2.33. The lowest BCUT2D eigenvalue weighted by atomic mass is 10.4. The first-order valence-corrected chi connectivity index (χ1v) is 3.69. The van der Waals surface area contributed by atoms with E-state index in [1.54, 1.807) is 5.56 Å². The molecule has 0 aromatic heterocycles. The van der Waals surface area contributed by atoms with Gasteiger partial charge < -0.3 is 10.0 Å².